The van der Waals surface area contributed by atoms with Gasteiger partial charge in [0.1, 0.15) is 0 Å². The van der Waals surface area contributed by atoms with E-state index in [9.17, 15) is 9.90 Å². The van der Waals surface area contributed by atoms with Crippen molar-refractivity contribution in [3.05, 3.63) is 21.4 Å². The van der Waals surface area contributed by atoms with Crippen molar-refractivity contribution in [2.75, 3.05) is 19.7 Å². The standard InChI is InChI=1S/C12H15NO3S/c14-9-1-3-13(6-9)12(15)11-5-8-7-16-4-2-10(8)17-11/h5,9,14H,1-4,6-7H2/t9-/m1/s1. The third-order valence-electron chi connectivity index (χ3n) is 3.29. The molecule has 3 heterocycles. The van der Waals surface area contributed by atoms with Crippen LogP contribution in [0.4, 0.5) is 0 Å². The number of aliphatic hydroxyl groups excluding tert-OH is 1. The molecule has 0 aliphatic carbocycles. The molecule has 0 saturated carbocycles. The van der Waals surface area contributed by atoms with Gasteiger partial charge < -0.3 is 14.7 Å². The first kappa shape index (κ1) is 11.2. The van der Waals surface area contributed by atoms with Gasteiger partial charge in [0, 0.05) is 24.4 Å². The SMILES string of the molecule is O=C(c1cc2c(s1)CCOC2)N1CC[C@@H](O)C1. The van der Waals surface area contributed by atoms with Crippen LogP contribution in [0.1, 0.15) is 26.5 Å². The molecule has 2 aliphatic rings. The maximum absolute atomic E-state index is 12.2. The lowest BCUT2D eigenvalue weighted by Crippen LogP contribution is -2.28. The Hall–Kier alpha value is -0.910. The number of hydrogen-bond donors (Lipinski definition) is 1. The molecule has 3 rings (SSSR count). The largest absolute Gasteiger partial charge is 0.391 e. The molecular weight excluding hydrogens is 238 g/mol. The van der Waals surface area contributed by atoms with Crippen molar-refractivity contribution in [3.8, 4) is 0 Å². The summed E-state index contributed by atoms with van der Waals surface area (Å²) in [4.78, 5) is 16.0. The Balaban J connectivity index is 1.79. The molecule has 1 aromatic heterocycles. The summed E-state index contributed by atoms with van der Waals surface area (Å²) in [6.07, 6.45) is 1.26. The Morgan fingerprint density at radius 1 is 1.59 bits per heavy atom. The van der Waals surface area contributed by atoms with Gasteiger partial charge in [0.15, 0.2) is 0 Å². The van der Waals surface area contributed by atoms with Crippen LogP contribution in [-0.2, 0) is 17.8 Å². The van der Waals surface area contributed by atoms with E-state index >= 15 is 0 Å². The highest BCUT2D eigenvalue weighted by molar-refractivity contribution is 7.14. The first-order chi connectivity index (χ1) is 8.24. The zero-order valence-corrected chi connectivity index (χ0v) is 10.3. The Morgan fingerprint density at radius 2 is 2.47 bits per heavy atom. The number of carbonyl (C=O) groups excluding carboxylic acids is 1. The highest BCUT2D eigenvalue weighted by atomic mass is 32.1. The summed E-state index contributed by atoms with van der Waals surface area (Å²) in [6, 6.07) is 1.95. The Labute approximate surface area is 104 Å². The Bertz CT molecular complexity index is 419. The predicted octanol–water partition coefficient (Wildman–Crippen LogP) is 1.03. The summed E-state index contributed by atoms with van der Waals surface area (Å²) in [6.45, 7) is 2.52. The van der Waals surface area contributed by atoms with Gasteiger partial charge >= 0.3 is 0 Å². The van der Waals surface area contributed by atoms with Crippen LogP contribution >= 0.6 is 11.3 Å². The van der Waals surface area contributed by atoms with Crippen LogP contribution in [0.25, 0.3) is 0 Å². The van der Waals surface area contributed by atoms with Gasteiger partial charge in [0.05, 0.1) is 24.2 Å². The highest BCUT2D eigenvalue weighted by Crippen LogP contribution is 2.28. The topological polar surface area (TPSA) is 49.8 Å². The third-order valence-corrected chi connectivity index (χ3v) is 4.51. The van der Waals surface area contributed by atoms with Gasteiger partial charge in [-0.15, -0.1) is 11.3 Å². The molecule has 1 N–H and O–H groups in total. The van der Waals surface area contributed by atoms with E-state index in [1.54, 1.807) is 16.2 Å². The second-order valence-electron chi connectivity index (χ2n) is 4.56. The van der Waals surface area contributed by atoms with Crippen molar-refractivity contribution >= 4 is 17.2 Å². The summed E-state index contributed by atoms with van der Waals surface area (Å²) in [5.41, 5.74) is 1.16. The van der Waals surface area contributed by atoms with Gasteiger partial charge in [-0.2, -0.15) is 0 Å². The van der Waals surface area contributed by atoms with Crippen LogP contribution in [-0.4, -0.2) is 41.7 Å². The maximum Gasteiger partial charge on any atom is 0.264 e. The Morgan fingerprint density at radius 3 is 3.18 bits per heavy atom. The second-order valence-corrected chi connectivity index (χ2v) is 5.69. The quantitative estimate of drug-likeness (QED) is 0.813. The predicted molar refractivity (Wildman–Crippen MR) is 64.2 cm³/mol. The molecule has 1 amide bonds. The molecule has 4 nitrogen and oxygen atoms in total. The molecule has 92 valence electrons. The fourth-order valence-electron chi connectivity index (χ4n) is 2.33. The lowest BCUT2D eigenvalue weighted by molar-refractivity contribution is 0.0769. The number of carbonyl (C=O) groups is 1. The van der Waals surface area contributed by atoms with Crippen LogP contribution in [0.5, 0.6) is 0 Å². The van der Waals surface area contributed by atoms with E-state index in [1.165, 1.54) is 4.88 Å². The van der Waals surface area contributed by atoms with E-state index in [4.69, 9.17) is 4.74 Å². The van der Waals surface area contributed by atoms with E-state index in [0.717, 1.165) is 23.5 Å². The monoisotopic (exact) mass is 253 g/mol. The number of fused-ring (bicyclic) bond motifs is 1. The number of ether oxygens (including phenoxy) is 1. The van der Waals surface area contributed by atoms with E-state index in [1.807, 2.05) is 6.07 Å². The van der Waals surface area contributed by atoms with E-state index in [2.05, 4.69) is 0 Å². The van der Waals surface area contributed by atoms with Crippen LogP contribution in [0, 0.1) is 0 Å². The number of rotatable bonds is 1. The fraction of sp³-hybridized carbons (Fsp3) is 0.583. The van der Waals surface area contributed by atoms with Crippen molar-refractivity contribution < 1.29 is 14.6 Å². The number of β-amino-alcohol motifs (C(OH)–C–C–N with tert-alkyl or cyclic N) is 1. The summed E-state index contributed by atoms with van der Waals surface area (Å²) >= 11 is 1.58. The van der Waals surface area contributed by atoms with E-state index < -0.39 is 0 Å². The molecule has 1 aromatic rings. The molecule has 0 bridgehead atoms. The Kier molecular flexibility index (Phi) is 2.90. The smallest absolute Gasteiger partial charge is 0.264 e. The first-order valence-corrected chi connectivity index (χ1v) is 6.72. The number of nitrogens with zero attached hydrogens (tertiary/aromatic N) is 1. The summed E-state index contributed by atoms with van der Waals surface area (Å²) in [5.74, 6) is 0.0564. The minimum Gasteiger partial charge on any atom is -0.391 e. The van der Waals surface area contributed by atoms with Crippen molar-refractivity contribution in [2.24, 2.45) is 0 Å². The van der Waals surface area contributed by atoms with Crippen molar-refractivity contribution in [3.63, 3.8) is 0 Å². The number of hydrogen-bond acceptors (Lipinski definition) is 4. The van der Waals surface area contributed by atoms with Gasteiger partial charge in [-0.1, -0.05) is 0 Å². The molecule has 0 radical (unpaired) electrons. The number of aliphatic hydroxyl groups is 1. The molecule has 2 aliphatic heterocycles. The molecule has 1 fully saturated rings. The summed E-state index contributed by atoms with van der Waals surface area (Å²) < 4.78 is 5.37. The molecule has 1 atom stereocenters. The fourth-order valence-corrected chi connectivity index (χ4v) is 3.45. The summed E-state index contributed by atoms with van der Waals surface area (Å²) in [7, 11) is 0. The zero-order chi connectivity index (χ0) is 11.8. The van der Waals surface area contributed by atoms with E-state index in [-0.39, 0.29) is 12.0 Å². The van der Waals surface area contributed by atoms with Crippen LogP contribution in [0.15, 0.2) is 6.07 Å². The van der Waals surface area contributed by atoms with E-state index in [0.29, 0.717) is 26.1 Å². The van der Waals surface area contributed by atoms with Gasteiger partial charge in [0.25, 0.3) is 5.91 Å². The number of likely N-dealkylation sites (tertiary alicyclic amines) is 1. The first-order valence-electron chi connectivity index (χ1n) is 5.90. The van der Waals surface area contributed by atoms with Crippen LogP contribution in [0.3, 0.4) is 0 Å². The number of amides is 1. The minimum absolute atomic E-state index is 0.0564. The molecule has 17 heavy (non-hydrogen) atoms. The van der Waals surface area contributed by atoms with Crippen LogP contribution < -0.4 is 0 Å². The second kappa shape index (κ2) is 4.40. The lowest BCUT2D eigenvalue weighted by Gasteiger charge is -2.13. The maximum atomic E-state index is 12.2. The van der Waals surface area contributed by atoms with Crippen molar-refractivity contribution in [1.82, 2.24) is 4.90 Å². The average Bonchev–Trinajstić information content (AvgIpc) is 2.93. The molecular formula is C12H15NO3S. The zero-order valence-electron chi connectivity index (χ0n) is 9.52. The molecule has 0 unspecified atom stereocenters. The molecule has 1 saturated heterocycles. The minimum atomic E-state index is -0.350. The van der Waals surface area contributed by atoms with Crippen molar-refractivity contribution in [2.45, 2.75) is 25.6 Å². The van der Waals surface area contributed by atoms with Crippen molar-refractivity contribution in [1.29, 1.82) is 0 Å². The van der Waals surface area contributed by atoms with Gasteiger partial charge in [-0.05, 0) is 18.1 Å². The molecule has 0 aromatic carbocycles. The van der Waals surface area contributed by atoms with Crippen LogP contribution in [0.2, 0.25) is 0 Å². The molecule has 0 spiro atoms. The highest BCUT2D eigenvalue weighted by Gasteiger charge is 2.27. The van der Waals surface area contributed by atoms with Gasteiger partial charge in [0.2, 0.25) is 0 Å². The summed E-state index contributed by atoms with van der Waals surface area (Å²) in [5, 5.41) is 9.45. The lowest BCUT2D eigenvalue weighted by atomic mass is 10.2. The number of thiophene rings is 1. The average molecular weight is 253 g/mol. The molecule has 5 heteroatoms. The normalized spacial score (nSPS) is 23.8. The van der Waals surface area contributed by atoms with Gasteiger partial charge in [-0.25, -0.2) is 0 Å². The van der Waals surface area contributed by atoms with Gasteiger partial charge in [-0.3, -0.25) is 4.79 Å². The third kappa shape index (κ3) is 2.10.